The van der Waals surface area contributed by atoms with Gasteiger partial charge in [0.15, 0.2) is 0 Å². The van der Waals surface area contributed by atoms with Crippen LogP contribution in [0.5, 0.6) is 0 Å². The fourth-order valence-electron chi connectivity index (χ4n) is 2.58. The number of nitrogen functional groups attached to an aromatic ring is 1. The zero-order valence-electron chi connectivity index (χ0n) is 10.8. The van der Waals surface area contributed by atoms with Gasteiger partial charge in [0.25, 0.3) is 0 Å². The quantitative estimate of drug-likeness (QED) is 0.779. The van der Waals surface area contributed by atoms with E-state index in [9.17, 15) is 0 Å². The largest absolute Gasteiger partial charge is 0.398 e. The fourth-order valence-corrected chi connectivity index (χ4v) is 2.58. The van der Waals surface area contributed by atoms with Crippen molar-refractivity contribution >= 4 is 11.4 Å². The van der Waals surface area contributed by atoms with Crippen LogP contribution in [0.3, 0.4) is 0 Å². The van der Waals surface area contributed by atoms with Crippen LogP contribution in [-0.2, 0) is 0 Å². The minimum absolute atomic E-state index is 0.542. The molecule has 0 aromatic heterocycles. The summed E-state index contributed by atoms with van der Waals surface area (Å²) in [5.74, 6) is 0. The number of anilines is 2. The maximum absolute atomic E-state index is 8.97. The minimum atomic E-state index is 0.542. The summed E-state index contributed by atoms with van der Waals surface area (Å²) in [5, 5.41) is 12.5. The maximum atomic E-state index is 8.97. The molecule has 0 amide bonds. The Hall–Kier alpha value is -1.69. The molecule has 0 heterocycles. The Morgan fingerprint density at radius 2 is 1.78 bits per heavy atom. The van der Waals surface area contributed by atoms with Gasteiger partial charge in [-0.3, -0.25) is 0 Å². The highest BCUT2D eigenvalue weighted by molar-refractivity contribution is 5.62. The van der Waals surface area contributed by atoms with Gasteiger partial charge in [0, 0.05) is 17.4 Å². The summed E-state index contributed by atoms with van der Waals surface area (Å²) in [4.78, 5) is 0. The Morgan fingerprint density at radius 3 is 2.44 bits per heavy atom. The third kappa shape index (κ3) is 3.40. The molecule has 0 saturated heterocycles. The first-order valence-electron chi connectivity index (χ1n) is 6.86. The van der Waals surface area contributed by atoms with Gasteiger partial charge < -0.3 is 11.1 Å². The van der Waals surface area contributed by atoms with E-state index < -0.39 is 0 Å². The molecule has 1 aliphatic rings. The van der Waals surface area contributed by atoms with Crippen molar-refractivity contribution in [1.29, 1.82) is 5.26 Å². The molecule has 1 aromatic rings. The van der Waals surface area contributed by atoms with Crippen LogP contribution in [0, 0.1) is 11.3 Å². The molecule has 0 atom stereocenters. The van der Waals surface area contributed by atoms with Crippen LogP contribution >= 0.6 is 0 Å². The molecule has 3 nitrogen and oxygen atoms in total. The van der Waals surface area contributed by atoms with Crippen LogP contribution in [0.2, 0.25) is 0 Å². The zero-order chi connectivity index (χ0) is 12.8. The first-order chi connectivity index (χ1) is 8.79. The molecule has 1 fully saturated rings. The van der Waals surface area contributed by atoms with E-state index in [2.05, 4.69) is 11.4 Å². The van der Waals surface area contributed by atoms with Crippen LogP contribution in [0.4, 0.5) is 11.4 Å². The molecule has 1 aromatic carbocycles. The summed E-state index contributed by atoms with van der Waals surface area (Å²) in [6.07, 6.45) is 9.15. The number of nitrogens with one attached hydrogen (secondary N) is 1. The monoisotopic (exact) mass is 243 g/mol. The second kappa shape index (κ2) is 6.30. The molecule has 3 N–H and O–H groups in total. The van der Waals surface area contributed by atoms with Gasteiger partial charge in [0.2, 0.25) is 0 Å². The van der Waals surface area contributed by atoms with E-state index in [1.165, 1.54) is 44.9 Å². The number of hydrogen-bond acceptors (Lipinski definition) is 3. The summed E-state index contributed by atoms with van der Waals surface area (Å²) in [6, 6.07) is 8.30. The van der Waals surface area contributed by atoms with E-state index in [1.807, 2.05) is 18.2 Å². The van der Waals surface area contributed by atoms with Crippen LogP contribution in [0.1, 0.15) is 50.5 Å². The maximum Gasteiger partial charge on any atom is 0.101 e. The molecule has 1 saturated carbocycles. The van der Waals surface area contributed by atoms with Crippen molar-refractivity contribution in [2.45, 2.75) is 51.0 Å². The van der Waals surface area contributed by atoms with Crippen LogP contribution in [-0.4, -0.2) is 6.04 Å². The summed E-state index contributed by atoms with van der Waals surface area (Å²) < 4.78 is 0. The number of nitriles is 1. The Bertz CT molecular complexity index is 426. The smallest absolute Gasteiger partial charge is 0.101 e. The number of nitrogens with two attached hydrogens (primary N) is 1. The molecule has 3 heteroatoms. The Kier molecular flexibility index (Phi) is 4.46. The topological polar surface area (TPSA) is 61.8 Å². The molecule has 96 valence electrons. The van der Waals surface area contributed by atoms with Gasteiger partial charge in [0.1, 0.15) is 6.07 Å². The lowest BCUT2D eigenvalue weighted by Crippen LogP contribution is -2.20. The predicted molar refractivity (Wildman–Crippen MR) is 75.3 cm³/mol. The van der Waals surface area contributed by atoms with E-state index >= 15 is 0 Å². The van der Waals surface area contributed by atoms with Crippen molar-refractivity contribution in [2.24, 2.45) is 0 Å². The summed E-state index contributed by atoms with van der Waals surface area (Å²) in [5.41, 5.74) is 7.87. The van der Waals surface area contributed by atoms with E-state index in [-0.39, 0.29) is 0 Å². The van der Waals surface area contributed by atoms with Gasteiger partial charge in [-0.25, -0.2) is 0 Å². The van der Waals surface area contributed by atoms with Crippen molar-refractivity contribution in [3.05, 3.63) is 23.8 Å². The SMILES string of the molecule is N#Cc1cc(NC2CCCCCCC2)ccc1N. The minimum Gasteiger partial charge on any atom is -0.398 e. The summed E-state index contributed by atoms with van der Waals surface area (Å²) in [7, 11) is 0. The molecule has 0 spiro atoms. The van der Waals surface area contributed by atoms with Crippen LogP contribution in [0.25, 0.3) is 0 Å². The second-order valence-corrected chi connectivity index (χ2v) is 5.10. The molecule has 0 bridgehead atoms. The zero-order valence-corrected chi connectivity index (χ0v) is 10.8. The third-order valence-electron chi connectivity index (χ3n) is 3.65. The Labute approximate surface area is 109 Å². The van der Waals surface area contributed by atoms with E-state index in [0.717, 1.165) is 5.69 Å². The average Bonchev–Trinajstić information content (AvgIpc) is 2.34. The highest BCUT2D eigenvalue weighted by atomic mass is 14.9. The van der Waals surface area contributed by atoms with Gasteiger partial charge in [-0.2, -0.15) is 5.26 Å². The van der Waals surface area contributed by atoms with E-state index in [1.54, 1.807) is 0 Å². The molecule has 0 radical (unpaired) electrons. The number of hydrogen-bond donors (Lipinski definition) is 2. The van der Waals surface area contributed by atoms with E-state index in [0.29, 0.717) is 17.3 Å². The molecule has 0 unspecified atom stereocenters. The highest BCUT2D eigenvalue weighted by Crippen LogP contribution is 2.22. The van der Waals surface area contributed by atoms with Crippen molar-refractivity contribution in [1.82, 2.24) is 0 Å². The van der Waals surface area contributed by atoms with Gasteiger partial charge >= 0.3 is 0 Å². The Balaban J connectivity index is 2.01. The summed E-state index contributed by atoms with van der Waals surface area (Å²) in [6.45, 7) is 0. The first-order valence-corrected chi connectivity index (χ1v) is 6.86. The lowest BCUT2D eigenvalue weighted by molar-refractivity contribution is 0.471. The number of rotatable bonds is 2. The Morgan fingerprint density at radius 1 is 1.11 bits per heavy atom. The van der Waals surface area contributed by atoms with Gasteiger partial charge in [-0.1, -0.05) is 32.1 Å². The molecule has 1 aliphatic carbocycles. The third-order valence-corrected chi connectivity index (χ3v) is 3.65. The number of nitrogens with zero attached hydrogens (tertiary/aromatic N) is 1. The van der Waals surface area contributed by atoms with Crippen LogP contribution < -0.4 is 11.1 Å². The molecular formula is C15H21N3. The second-order valence-electron chi connectivity index (χ2n) is 5.10. The summed E-state index contributed by atoms with van der Waals surface area (Å²) >= 11 is 0. The van der Waals surface area contributed by atoms with Gasteiger partial charge in [-0.15, -0.1) is 0 Å². The lowest BCUT2D eigenvalue weighted by atomic mass is 9.96. The fraction of sp³-hybridized carbons (Fsp3) is 0.533. The molecular weight excluding hydrogens is 222 g/mol. The predicted octanol–water partition coefficient (Wildman–Crippen LogP) is 3.67. The molecule has 0 aliphatic heterocycles. The number of benzene rings is 1. The van der Waals surface area contributed by atoms with Crippen molar-refractivity contribution < 1.29 is 0 Å². The average molecular weight is 243 g/mol. The van der Waals surface area contributed by atoms with Crippen molar-refractivity contribution in [3.63, 3.8) is 0 Å². The normalized spacial score (nSPS) is 17.5. The first kappa shape index (κ1) is 12.8. The highest BCUT2D eigenvalue weighted by Gasteiger charge is 2.11. The standard InChI is InChI=1S/C15H21N3/c16-11-12-10-14(8-9-15(12)17)18-13-6-4-2-1-3-5-7-13/h8-10,13,18H,1-7,17H2. The van der Waals surface area contributed by atoms with E-state index in [4.69, 9.17) is 11.0 Å². The van der Waals surface area contributed by atoms with Gasteiger partial charge in [-0.05, 0) is 31.0 Å². The van der Waals surface area contributed by atoms with Crippen LogP contribution in [0.15, 0.2) is 18.2 Å². The lowest BCUT2D eigenvalue weighted by Gasteiger charge is -2.22. The van der Waals surface area contributed by atoms with Crippen molar-refractivity contribution in [2.75, 3.05) is 11.1 Å². The molecule has 2 rings (SSSR count). The molecule has 18 heavy (non-hydrogen) atoms. The van der Waals surface area contributed by atoms with Crippen molar-refractivity contribution in [3.8, 4) is 6.07 Å². The van der Waals surface area contributed by atoms with Gasteiger partial charge in [0.05, 0.1) is 5.56 Å².